The van der Waals surface area contributed by atoms with Gasteiger partial charge in [-0.1, -0.05) is 12.1 Å². The van der Waals surface area contributed by atoms with Crippen LogP contribution in [-0.4, -0.2) is 37.6 Å². The zero-order chi connectivity index (χ0) is 19.5. The predicted octanol–water partition coefficient (Wildman–Crippen LogP) is 2.68. The van der Waals surface area contributed by atoms with E-state index >= 15 is 0 Å². The molecular weight excluding hydrogens is 478 g/mol. The number of ether oxygens (including phenoxy) is 1. The molecular formula is C19H26FIN4O3. The molecule has 0 bridgehead atoms. The Bertz CT molecular complexity index is 741. The van der Waals surface area contributed by atoms with Gasteiger partial charge in [0.15, 0.2) is 17.5 Å². The molecule has 1 atom stereocenters. The molecule has 0 aliphatic heterocycles. The minimum atomic E-state index is -0.404. The van der Waals surface area contributed by atoms with Crippen LogP contribution in [0.4, 0.5) is 4.39 Å². The summed E-state index contributed by atoms with van der Waals surface area (Å²) in [4.78, 5) is 16.1. The Kier molecular flexibility index (Phi) is 11.0. The molecule has 1 heterocycles. The van der Waals surface area contributed by atoms with Crippen molar-refractivity contribution in [1.82, 2.24) is 16.0 Å². The van der Waals surface area contributed by atoms with E-state index in [1.54, 1.807) is 36.6 Å². The molecule has 7 nitrogen and oxygen atoms in total. The van der Waals surface area contributed by atoms with E-state index in [4.69, 9.17) is 9.15 Å². The minimum Gasteiger partial charge on any atom is -0.486 e. The molecule has 0 radical (unpaired) electrons. The Morgan fingerprint density at radius 3 is 2.68 bits per heavy atom. The average Bonchev–Trinajstić information content (AvgIpc) is 3.18. The number of halogens is 2. The van der Waals surface area contributed by atoms with Crippen LogP contribution in [0.3, 0.4) is 0 Å². The van der Waals surface area contributed by atoms with Crippen molar-refractivity contribution < 1.29 is 18.3 Å². The standard InChI is InChI=1S/C19H25FN4O3.HI/c1-3-21-19(24-13-18(25)22-12-15-7-6-10-26-15)23-11-14(2)27-17-9-5-4-8-16(17)20;/h4-10,14H,3,11-13H2,1-2H3,(H,22,25)(H2,21,23,24);1H. The molecule has 154 valence electrons. The first-order valence-corrected chi connectivity index (χ1v) is 8.81. The lowest BCUT2D eigenvalue weighted by Gasteiger charge is -2.18. The van der Waals surface area contributed by atoms with E-state index in [0.29, 0.717) is 31.4 Å². The van der Waals surface area contributed by atoms with Gasteiger partial charge >= 0.3 is 0 Å². The molecule has 0 spiro atoms. The number of carbonyl (C=O) groups excluding carboxylic acids is 1. The molecule has 1 unspecified atom stereocenters. The summed E-state index contributed by atoms with van der Waals surface area (Å²) in [7, 11) is 0. The van der Waals surface area contributed by atoms with Gasteiger partial charge in [0, 0.05) is 6.54 Å². The number of aliphatic imine (C=N–C) groups is 1. The number of rotatable bonds is 9. The van der Waals surface area contributed by atoms with Crippen LogP contribution in [0.15, 0.2) is 52.1 Å². The number of nitrogens with zero attached hydrogens (tertiary/aromatic N) is 1. The number of guanidine groups is 1. The Balaban J connectivity index is 0.00000392. The van der Waals surface area contributed by atoms with E-state index in [9.17, 15) is 9.18 Å². The highest BCUT2D eigenvalue weighted by molar-refractivity contribution is 14.0. The van der Waals surface area contributed by atoms with Gasteiger partial charge < -0.3 is 25.1 Å². The van der Waals surface area contributed by atoms with Crippen LogP contribution < -0.4 is 20.7 Å². The SMILES string of the molecule is CCNC(=NCC(=O)NCc1ccco1)NCC(C)Oc1ccccc1F.I. The van der Waals surface area contributed by atoms with Gasteiger partial charge in [-0.25, -0.2) is 9.38 Å². The normalized spacial score (nSPS) is 11.9. The summed E-state index contributed by atoms with van der Waals surface area (Å²) in [5, 5.41) is 8.85. The lowest BCUT2D eigenvalue weighted by atomic mass is 10.3. The summed E-state index contributed by atoms with van der Waals surface area (Å²) in [6, 6.07) is 9.80. The Labute approximate surface area is 181 Å². The van der Waals surface area contributed by atoms with Crippen molar-refractivity contribution in [3.63, 3.8) is 0 Å². The topological polar surface area (TPSA) is 87.9 Å². The third-order valence-electron chi connectivity index (χ3n) is 3.49. The minimum absolute atomic E-state index is 0. The zero-order valence-corrected chi connectivity index (χ0v) is 18.2. The van der Waals surface area contributed by atoms with Gasteiger partial charge in [0.2, 0.25) is 5.91 Å². The number of furan rings is 1. The molecule has 0 saturated heterocycles. The number of hydrogen-bond acceptors (Lipinski definition) is 4. The van der Waals surface area contributed by atoms with E-state index in [2.05, 4.69) is 20.9 Å². The molecule has 1 aromatic heterocycles. The van der Waals surface area contributed by atoms with Crippen LogP contribution in [0.2, 0.25) is 0 Å². The van der Waals surface area contributed by atoms with Crippen LogP contribution in [0.5, 0.6) is 5.75 Å². The van der Waals surface area contributed by atoms with E-state index in [0.717, 1.165) is 0 Å². The number of para-hydroxylation sites is 1. The largest absolute Gasteiger partial charge is 0.486 e. The van der Waals surface area contributed by atoms with E-state index in [-0.39, 0.29) is 48.3 Å². The molecule has 0 fully saturated rings. The molecule has 2 aromatic rings. The first-order chi connectivity index (χ1) is 13.1. The summed E-state index contributed by atoms with van der Waals surface area (Å²) in [5.41, 5.74) is 0. The van der Waals surface area contributed by atoms with Gasteiger partial charge in [0.25, 0.3) is 0 Å². The van der Waals surface area contributed by atoms with Gasteiger partial charge in [-0.3, -0.25) is 4.79 Å². The molecule has 1 amide bonds. The fraction of sp³-hybridized carbons (Fsp3) is 0.368. The molecule has 28 heavy (non-hydrogen) atoms. The maximum atomic E-state index is 13.6. The monoisotopic (exact) mass is 504 g/mol. The van der Waals surface area contributed by atoms with Crippen molar-refractivity contribution in [2.24, 2.45) is 4.99 Å². The van der Waals surface area contributed by atoms with Crippen LogP contribution >= 0.6 is 24.0 Å². The summed E-state index contributed by atoms with van der Waals surface area (Å²) in [6.45, 7) is 5.07. The quantitative estimate of drug-likeness (QED) is 0.278. The second-order valence-electron chi connectivity index (χ2n) is 5.79. The van der Waals surface area contributed by atoms with E-state index < -0.39 is 5.82 Å². The first-order valence-electron chi connectivity index (χ1n) is 8.81. The van der Waals surface area contributed by atoms with Crippen molar-refractivity contribution in [1.29, 1.82) is 0 Å². The highest BCUT2D eigenvalue weighted by atomic mass is 127. The lowest BCUT2D eigenvalue weighted by molar-refractivity contribution is -0.119. The number of carbonyl (C=O) groups is 1. The third kappa shape index (κ3) is 8.59. The van der Waals surface area contributed by atoms with Crippen molar-refractivity contribution in [2.75, 3.05) is 19.6 Å². The molecule has 2 rings (SSSR count). The highest BCUT2D eigenvalue weighted by Gasteiger charge is 2.09. The van der Waals surface area contributed by atoms with Crippen molar-refractivity contribution in [3.8, 4) is 5.75 Å². The third-order valence-corrected chi connectivity index (χ3v) is 3.49. The number of nitrogens with one attached hydrogen (secondary N) is 3. The van der Waals surface area contributed by atoms with E-state index in [1.807, 2.05) is 13.8 Å². The molecule has 9 heteroatoms. The summed E-state index contributed by atoms with van der Waals surface area (Å²) in [5.74, 6) is 0.731. The number of amides is 1. The Morgan fingerprint density at radius 2 is 2.00 bits per heavy atom. The maximum absolute atomic E-state index is 13.6. The average molecular weight is 504 g/mol. The molecule has 0 aliphatic carbocycles. The molecule has 0 saturated carbocycles. The Hall–Kier alpha value is -2.30. The van der Waals surface area contributed by atoms with Gasteiger partial charge in [-0.05, 0) is 38.1 Å². The number of hydrogen-bond donors (Lipinski definition) is 3. The van der Waals surface area contributed by atoms with Crippen LogP contribution in [0.1, 0.15) is 19.6 Å². The smallest absolute Gasteiger partial charge is 0.242 e. The van der Waals surface area contributed by atoms with Crippen molar-refractivity contribution in [3.05, 3.63) is 54.2 Å². The summed E-state index contributed by atoms with van der Waals surface area (Å²) >= 11 is 0. The maximum Gasteiger partial charge on any atom is 0.242 e. The van der Waals surface area contributed by atoms with Crippen molar-refractivity contribution in [2.45, 2.75) is 26.5 Å². The van der Waals surface area contributed by atoms with Crippen LogP contribution in [0, 0.1) is 5.82 Å². The fourth-order valence-corrected chi connectivity index (χ4v) is 2.19. The van der Waals surface area contributed by atoms with Crippen molar-refractivity contribution >= 4 is 35.8 Å². The van der Waals surface area contributed by atoms with Gasteiger partial charge in [0.1, 0.15) is 18.4 Å². The first kappa shape index (κ1) is 23.7. The lowest BCUT2D eigenvalue weighted by Crippen LogP contribution is -2.42. The van der Waals surface area contributed by atoms with Crippen LogP contribution in [-0.2, 0) is 11.3 Å². The molecule has 3 N–H and O–H groups in total. The number of benzene rings is 1. The molecule has 1 aromatic carbocycles. The predicted molar refractivity (Wildman–Crippen MR) is 116 cm³/mol. The van der Waals surface area contributed by atoms with Crippen LogP contribution in [0.25, 0.3) is 0 Å². The summed E-state index contributed by atoms with van der Waals surface area (Å²) < 4.78 is 24.3. The zero-order valence-electron chi connectivity index (χ0n) is 15.9. The van der Waals surface area contributed by atoms with Gasteiger partial charge in [-0.2, -0.15) is 0 Å². The second-order valence-corrected chi connectivity index (χ2v) is 5.79. The second kappa shape index (κ2) is 13.0. The summed E-state index contributed by atoms with van der Waals surface area (Å²) in [6.07, 6.45) is 1.26. The highest BCUT2D eigenvalue weighted by Crippen LogP contribution is 2.16. The fourth-order valence-electron chi connectivity index (χ4n) is 2.19. The molecule has 0 aliphatic rings. The van der Waals surface area contributed by atoms with Gasteiger partial charge in [0.05, 0.1) is 19.4 Å². The Morgan fingerprint density at radius 1 is 1.21 bits per heavy atom. The van der Waals surface area contributed by atoms with E-state index in [1.165, 1.54) is 6.07 Å². The van der Waals surface area contributed by atoms with Gasteiger partial charge in [-0.15, -0.1) is 24.0 Å².